The van der Waals surface area contributed by atoms with Gasteiger partial charge in [0.15, 0.2) is 12.2 Å². The van der Waals surface area contributed by atoms with Gasteiger partial charge in [-0.25, -0.2) is 0 Å². The Balaban J connectivity index is 1.60. The molecule has 25 heavy (non-hydrogen) atoms. The van der Waals surface area contributed by atoms with Gasteiger partial charge in [0.25, 0.3) is 0 Å². The van der Waals surface area contributed by atoms with Crippen LogP contribution in [0.15, 0.2) is 60.7 Å². The summed E-state index contributed by atoms with van der Waals surface area (Å²) in [6.07, 6.45) is 2.82. The van der Waals surface area contributed by atoms with Gasteiger partial charge in [-0.15, -0.1) is 0 Å². The summed E-state index contributed by atoms with van der Waals surface area (Å²) in [5.74, 6) is 0. The van der Waals surface area contributed by atoms with Crippen LogP contribution in [-0.2, 0) is 18.6 Å². The van der Waals surface area contributed by atoms with Crippen LogP contribution in [-0.4, -0.2) is 6.96 Å². The Hall–Kier alpha value is -1.92. The molecule has 2 aromatic carbocycles. The third kappa shape index (κ3) is 3.55. The largest absolute Gasteiger partial charge is 0.611 e. The zero-order valence-corrected chi connectivity index (χ0v) is 14.6. The summed E-state index contributed by atoms with van der Waals surface area (Å²) in [6, 6.07) is 20.3. The fourth-order valence-corrected chi connectivity index (χ4v) is 3.51. The Bertz CT molecular complexity index is 632. The average molecular weight is 337 g/mol. The van der Waals surface area contributed by atoms with E-state index in [0.29, 0.717) is 12.8 Å². The second kappa shape index (κ2) is 6.77. The maximum absolute atomic E-state index is 6.25. The molecule has 0 bridgehead atoms. The molecule has 2 heterocycles. The number of rotatable bonds is 2. The Labute approximate surface area is 149 Å². The van der Waals surface area contributed by atoms with Crippen molar-refractivity contribution < 1.29 is 18.6 Å². The lowest BCUT2D eigenvalue weighted by atomic mass is 9.89. The molecule has 4 rings (SSSR count). The van der Waals surface area contributed by atoms with Crippen molar-refractivity contribution in [2.45, 2.75) is 38.9 Å². The molecule has 2 aliphatic rings. The fourth-order valence-electron chi connectivity index (χ4n) is 3.51. The van der Waals surface area contributed by atoms with E-state index in [-0.39, 0.29) is 12.2 Å². The minimum atomic E-state index is -2.30. The molecule has 0 saturated carbocycles. The maximum Gasteiger partial charge on any atom is 0.611 e. The molecule has 0 amide bonds. The highest BCUT2D eigenvalue weighted by atomic mass is 16.9. The van der Waals surface area contributed by atoms with Crippen molar-refractivity contribution >= 4 is 6.96 Å². The molecule has 2 atom stereocenters. The van der Waals surface area contributed by atoms with Gasteiger partial charge in [0.1, 0.15) is 26.7 Å². The minimum Gasteiger partial charge on any atom is -0.505 e. The summed E-state index contributed by atoms with van der Waals surface area (Å²) in [7, 11) is 0. The molecule has 0 aromatic heterocycles. The van der Waals surface area contributed by atoms with E-state index in [1.807, 2.05) is 50.2 Å². The normalized spacial score (nSPS) is 29.8. The molecular formula is C20H22BO4+. The van der Waals surface area contributed by atoms with Gasteiger partial charge in [0, 0.05) is 0 Å². The number of benzene rings is 2. The first-order valence-electron chi connectivity index (χ1n) is 8.74. The van der Waals surface area contributed by atoms with Gasteiger partial charge >= 0.3 is 6.96 Å². The molecule has 1 spiro atoms. The van der Waals surface area contributed by atoms with Crippen LogP contribution in [0, 0.1) is 12.2 Å². The molecule has 2 saturated heterocycles. The highest BCUT2D eigenvalue weighted by molar-refractivity contribution is 6.54. The second-order valence-electron chi connectivity index (χ2n) is 6.70. The minimum absolute atomic E-state index is 0.141. The van der Waals surface area contributed by atoms with Crippen LogP contribution >= 0.6 is 0 Å². The molecule has 2 unspecified atom stereocenters. The maximum atomic E-state index is 6.25. The molecule has 5 heteroatoms. The number of hydrogen-bond donors (Lipinski definition) is 0. The monoisotopic (exact) mass is 337 g/mol. The van der Waals surface area contributed by atoms with Gasteiger partial charge in [0.2, 0.25) is 0 Å². The lowest BCUT2D eigenvalue weighted by molar-refractivity contribution is -0.124. The quantitative estimate of drug-likeness (QED) is 0.578. The third-order valence-electron chi connectivity index (χ3n) is 4.64. The van der Waals surface area contributed by atoms with Crippen LogP contribution in [0.3, 0.4) is 0 Å². The van der Waals surface area contributed by atoms with Crippen LogP contribution < -0.4 is 0 Å². The summed E-state index contributed by atoms with van der Waals surface area (Å²) in [4.78, 5) is 0. The van der Waals surface area contributed by atoms with Gasteiger partial charge in [-0.2, -0.15) is 0 Å². The van der Waals surface area contributed by atoms with Crippen molar-refractivity contribution in [2.75, 3.05) is 0 Å². The van der Waals surface area contributed by atoms with E-state index in [0.717, 1.165) is 23.3 Å². The van der Waals surface area contributed by atoms with E-state index in [4.69, 9.17) is 18.6 Å². The first-order chi connectivity index (χ1) is 12.1. The summed E-state index contributed by atoms with van der Waals surface area (Å²) in [5.41, 5.74) is 2.19. The van der Waals surface area contributed by atoms with E-state index in [1.165, 1.54) is 0 Å². The van der Waals surface area contributed by atoms with E-state index in [1.54, 1.807) is 0 Å². The Kier molecular flexibility index (Phi) is 4.48. The Morgan fingerprint density at radius 1 is 0.720 bits per heavy atom. The van der Waals surface area contributed by atoms with Crippen LogP contribution in [0.2, 0.25) is 0 Å². The predicted octanol–water partition coefficient (Wildman–Crippen LogP) is 4.88. The molecule has 0 N–H and O–H groups in total. The van der Waals surface area contributed by atoms with Crippen molar-refractivity contribution in [1.82, 2.24) is 0 Å². The van der Waals surface area contributed by atoms with Gasteiger partial charge in [-0.1, -0.05) is 60.7 Å². The zero-order valence-electron chi connectivity index (χ0n) is 14.6. The van der Waals surface area contributed by atoms with Crippen LogP contribution in [0.1, 0.15) is 50.0 Å². The first-order valence-corrected chi connectivity index (χ1v) is 8.74. The van der Waals surface area contributed by atoms with Gasteiger partial charge < -0.3 is 18.6 Å². The molecular weight excluding hydrogens is 315 g/mol. The van der Waals surface area contributed by atoms with Gasteiger partial charge in [-0.05, 0) is 11.1 Å². The summed E-state index contributed by atoms with van der Waals surface area (Å²) < 4.78 is 24.5. The first kappa shape index (κ1) is 16.5. The standard InChI is InChI=1S/C20H22BO4/c1-15-13-19(17-9-5-3-6-10-17)24-21(22-15)23-16(2)14-20(25-21)18-11-7-4-8-12-18/h3-12,19-20H,13-14H2,1-2H3/q+1. The predicted molar refractivity (Wildman–Crippen MR) is 95.5 cm³/mol. The fraction of sp³-hybridized carbons (Fsp3) is 0.300. The third-order valence-corrected chi connectivity index (χ3v) is 4.64. The van der Waals surface area contributed by atoms with Gasteiger partial charge in [-0.3, -0.25) is 0 Å². The summed E-state index contributed by atoms with van der Waals surface area (Å²) in [5, 5.41) is 0. The van der Waals surface area contributed by atoms with E-state index >= 15 is 0 Å². The molecule has 0 radical (unpaired) electrons. The Morgan fingerprint density at radius 2 is 1.12 bits per heavy atom. The molecule has 4 nitrogen and oxygen atoms in total. The van der Waals surface area contributed by atoms with Gasteiger partial charge in [0.05, 0.1) is 12.2 Å². The summed E-state index contributed by atoms with van der Waals surface area (Å²) >= 11 is 0. The van der Waals surface area contributed by atoms with Crippen LogP contribution in [0.25, 0.3) is 0 Å². The molecule has 0 aliphatic carbocycles. The lowest BCUT2D eigenvalue weighted by Crippen LogP contribution is -2.56. The molecule has 2 aromatic rings. The highest BCUT2D eigenvalue weighted by Crippen LogP contribution is 2.45. The second-order valence-corrected chi connectivity index (χ2v) is 6.70. The zero-order chi connectivity index (χ0) is 17.3. The topological polar surface area (TPSA) is 36.9 Å². The highest BCUT2D eigenvalue weighted by Gasteiger charge is 2.56. The van der Waals surface area contributed by atoms with Crippen molar-refractivity contribution in [1.29, 1.82) is 0 Å². The molecule has 128 valence electrons. The van der Waals surface area contributed by atoms with Crippen LogP contribution in [0.4, 0.5) is 0 Å². The van der Waals surface area contributed by atoms with E-state index in [9.17, 15) is 0 Å². The van der Waals surface area contributed by atoms with Crippen molar-refractivity contribution in [3.63, 3.8) is 0 Å². The SMILES string of the molecule is C[C+]1CC(c2ccccc2)O[B-]2(O1)O[C+](C)CC(c1ccccc1)O2. The lowest BCUT2D eigenvalue weighted by Gasteiger charge is -2.46. The smallest absolute Gasteiger partial charge is 0.505 e. The Morgan fingerprint density at radius 3 is 1.52 bits per heavy atom. The summed E-state index contributed by atoms with van der Waals surface area (Å²) in [6.45, 7) is 1.60. The van der Waals surface area contributed by atoms with Crippen LogP contribution in [0.5, 0.6) is 0 Å². The number of hydrogen-bond acceptors (Lipinski definition) is 4. The molecule has 2 fully saturated rings. The molecule has 2 aliphatic heterocycles. The average Bonchev–Trinajstić information content (AvgIpc) is 2.62. The van der Waals surface area contributed by atoms with E-state index in [2.05, 4.69) is 24.3 Å². The van der Waals surface area contributed by atoms with E-state index < -0.39 is 6.96 Å². The van der Waals surface area contributed by atoms with Crippen molar-refractivity contribution in [3.05, 3.63) is 84.0 Å². The van der Waals surface area contributed by atoms with Crippen molar-refractivity contribution in [2.24, 2.45) is 0 Å². The van der Waals surface area contributed by atoms with Crippen molar-refractivity contribution in [3.8, 4) is 0 Å².